The van der Waals surface area contributed by atoms with Gasteiger partial charge in [0.1, 0.15) is 5.82 Å². The van der Waals surface area contributed by atoms with Gasteiger partial charge < -0.3 is 10.5 Å². The maximum atomic E-state index is 14.2. The molecule has 0 radical (unpaired) electrons. The highest BCUT2D eigenvalue weighted by Crippen LogP contribution is 2.35. The lowest BCUT2D eigenvalue weighted by Crippen LogP contribution is -2.37. The van der Waals surface area contributed by atoms with Crippen LogP contribution in [0.5, 0.6) is 0 Å². The van der Waals surface area contributed by atoms with Crippen molar-refractivity contribution in [1.29, 1.82) is 0 Å². The molecule has 112 valence electrons. The third kappa shape index (κ3) is 3.60. The van der Waals surface area contributed by atoms with Gasteiger partial charge in [0.15, 0.2) is 0 Å². The van der Waals surface area contributed by atoms with Gasteiger partial charge in [0.2, 0.25) is 0 Å². The van der Waals surface area contributed by atoms with Crippen LogP contribution in [0.1, 0.15) is 50.6 Å². The van der Waals surface area contributed by atoms with Gasteiger partial charge in [-0.05, 0) is 47.7 Å². The van der Waals surface area contributed by atoms with Crippen molar-refractivity contribution in [2.24, 2.45) is 11.7 Å². The molecule has 2 nitrogen and oxygen atoms in total. The van der Waals surface area contributed by atoms with E-state index in [2.05, 4.69) is 15.9 Å². The molecule has 1 aromatic carbocycles. The molecule has 2 rings (SSSR count). The molecule has 0 amide bonds. The van der Waals surface area contributed by atoms with Crippen molar-refractivity contribution in [3.63, 3.8) is 0 Å². The molecular formula is C16H23BrFNO. The molecular weight excluding hydrogens is 321 g/mol. The summed E-state index contributed by atoms with van der Waals surface area (Å²) in [6, 6.07) is 4.88. The summed E-state index contributed by atoms with van der Waals surface area (Å²) in [5.74, 6) is 0.178. The summed E-state index contributed by atoms with van der Waals surface area (Å²) in [6.07, 6.45) is 5.91. The minimum Gasteiger partial charge on any atom is -0.376 e. The minimum atomic E-state index is -0.407. The molecule has 0 aliphatic heterocycles. The monoisotopic (exact) mass is 343 g/mol. The summed E-state index contributed by atoms with van der Waals surface area (Å²) in [6.45, 7) is 2.59. The Balaban J connectivity index is 2.21. The molecule has 1 saturated carbocycles. The lowest BCUT2D eigenvalue weighted by molar-refractivity contribution is -0.0105. The van der Waals surface area contributed by atoms with E-state index in [4.69, 9.17) is 10.5 Å². The Morgan fingerprint density at radius 3 is 2.70 bits per heavy atom. The Morgan fingerprint density at radius 2 is 2.05 bits per heavy atom. The Bertz CT molecular complexity index is 434. The second-order valence-electron chi connectivity index (χ2n) is 5.49. The molecule has 1 aliphatic rings. The normalized spacial score (nSPS) is 19.8. The van der Waals surface area contributed by atoms with Gasteiger partial charge in [0.05, 0.1) is 16.6 Å². The number of hydrogen-bond donors (Lipinski definition) is 1. The number of nitrogens with two attached hydrogens (primary N) is 1. The number of benzene rings is 1. The highest BCUT2D eigenvalue weighted by molar-refractivity contribution is 9.10. The zero-order valence-corrected chi connectivity index (χ0v) is 13.5. The third-order valence-electron chi connectivity index (χ3n) is 4.17. The number of rotatable bonds is 5. The Hall–Kier alpha value is -0.450. The van der Waals surface area contributed by atoms with E-state index in [1.54, 1.807) is 12.1 Å². The first kappa shape index (κ1) is 15.9. The van der Waals surface area contributed by atoms with Crippen LogP contribution in [-0.4, -0.2) is 12.7 Å². The van der Waals surface area contributed by atoms with Crippen LogP contribution in [0, 0.1) is 11.7 Å². The number of hydrogen-bond acceptors (Lipinski definition) is 2. The second kappa shape index (κ2) is 7.53. The van der Waals surface area contributed by atoms with E-state index in [-0.39, 0.29) is 11.9 Å². The van der Waals surface area contributed by atoms with Gasteiger partial charge in [-0.2, -0.15) is 0 Å². The van der Waals surface area contributed by atoms with E-state index >= 15 is 0 Å². The molecule has 4 heteroatoms. The summed E-state index contributed by atoms with van der Waals surface area (Å²) in [5.41, 5.74) is 6.88. The van der Waals surface area contributed by atoms with Crippen LogP contribution < -0.4 is 5.73 Å². The van der Waals surface area contributed by atoms with Crippen LogP contribution in [0.4, 0.5) is 4.39 Å². The van der Waals surface area contributed by atoms with E-state index in [9.17, 15) is 4.39 Å². The zero-order valence-electron chi connectivity index (χ0n) is 11.9. The van der Waals surface area contributed by atoms with Crippen molar-refractivity contribution in [2.75, 3.05) is 6.61 Å². The molecule has 2 N–H and O–H groups in total. The number of ether oxygens (including phenoxy) is 1. The first-order chi connectivity index (χ1) is 9.65. The van der Waals surface area contributed by atoms with Crippen LogP contribution in [0.3, 0.4) is 0 Å². The predicted octanol–water partition coefficient (Wildman–Crippen LogP) is 4.57. The highest BCUT2D eigenvalue weighted by Gasteiger charge is 2.31. The molecule has 20 heavy (non-hydrogen) atoms. The van der Waals surface area contributed by atoms with Crippen molar-refractivity contribution in [3.05, 3.63) is 34.1 Å². The van der Waals surface area contributed by atoms with Crippen LogP contribution in [-0.2, 0) is 4.74 Å². The lowest BCUT2D eigenvalue weighted by Gasteiger charge is -2.34. The van der Waals surface area contributed by atoms with Gasteiger partial charge in [-0.1, -0.05) is 31.4 Å². The van der Waals surface area contributed by atoms with E-state index in [0.717, 1.165) is 12.8 Å². The van der Waals surface area contributed by atoms with Crippen LogP contribution in [0.25, 0.3) is 0 Å². The largest absolute Gasteiger partial charge is 0.376 e. The van der Waals surface area contributed by atoms with Crippen molar-refractivity contribution in [1.82, 2.24) is 0 Å². The van der Waals surface area contributed by atoms with Gasteiger partial charge in [-0.3, -0.25) is 0 Å². The maximum absolute atomic E-state index is 14.2. The number of halogens is 2. The smallest absolute Gasteiger partial charge is 0.142 e. The molecule has 1 aromatic rings. The fourth-order valence-electron chi connectivity index (χ4n) is 3.14. The SMILES string of the molecule is CCOC(C1CCCCC1)C(N)c1cccc(Br)c1F. The summed E-state index contributed by atoms with van der Waals surface area (Å²) in [4.78, 5) is 0. The average molecular weight is 344 g/mol. The Morgan fingerprint density at radius 1 is 1.35 bits per heavy atom. The fraction of sp³-hybridized carbons (Fsp3) is 0.625. The molecule has 0 heterocycles. The van der Waals surface area contributed by atoms with E-state index in [0.29, 0.717) is 22.6 Å². The molecule has 1 fully saturated rings. The van der Waals surface area contributed by atoms with E-state index in [1.807, 2.05) is 13.0 Å². The second-order valence-corrected chi connectivity index (χ2v) is 6.34. The van der Waals surface area contributed by atoms with Crippen molar-refractivity contribution in [2.45, 2.75) is 51.2 Å². The average Bonchev–Trinajstić information content (AvgIpc) is 2.48. The predicted molar refractivity (Wildman–Crippen MR) is 83.0 cm³/mol. The van der Waals surface area contributed by atoms with Crippen LogP contribution in [0.15, 0.2) is 22.7 Å². The van der Waals surface area contributed by atoms with Gasteiger partial charge >= 0.3 is 0 Å². The maximum Gasteiger partial charge on any atom is 0.142 e. The standard InChI is InChI=1S/C16H23BrFNO/c1-2-20-16(11-7-4-3-5-8-11)15(19)12-9-6-10-13(17)14(12)18/h6,9-11,15-16H,2-5,7-8,19H2,1H3. The van der Waals surface area contributed by atoms with Crippen LogP contribution >= 0.6 is 15.9 Å². The highest BCUT2D eigenvalue weighted by atomic mass is 79.9. The van der Waals surface area contributed by atoms with Crippen molar-refractivity contribution < 1.29 is 9.13 Å². The summed E-state index contributed by atoms with van der Waals surface area (Å²) in [5, 5.41) is 0. The van der Waals surface area contributed by atoms with E-state index < -0.39 is 6.04 Å². The topological polar surface area (TPSA) is 35.2 Å². The molecule has 2 atom stereocenters. The molecule has 0 saturated heterocycles. The molecule has 1 aliphatic carbocycles. The lowest BCUT2D eigenvalue weighted by atomic mass is 9.81. The molecule has 0 spiro atoms. The first-order valence-corrected chi connectivity index (χ1v) is 8.25. The fourth-order valence-corrected chi connectivity index (χ4v) is 3.52. The summed E-state index contributed by atoms with van der Waals surface area (Å²) >= 11 is 3.23. The Kier molecular flexibility index (Phi) is 6.00. The van der Waals surface area contributed by atoms with E-state index in [1.165, 1.54) is 19.3 Å². The molecule has 2 unspecified atom stereocenters. The van der Waals surface area contributed by atoms with Crippen molar-refractivity contribution in [3.8, 4) is 0 Å². The summed E-state index contributed by atoms with van der Waals surface area (Å²) in [7, 11) is 0. The zero-order chi connectivity index (χ0) is 14.5. The minimum absolute atomic E-state index is 0.0934. The first-order valence-electron chi connectivity index (χ1n) is 7.46. The van der Waals surface area contributed by atoms with Gasteiger partial charge in [0, 0.05) is 12.2 Å². The van der Waals surface area contributed by atoms with Crippen molar-refractivity contribution >= 4 is 15.9 Å². The quantitative estimate of drug-likeness (QED) is 0.849. The van der Waals surface area contributed by atoms with Gasteiger partial charge in [-0.15, -0.1) is 0 Å². The van der Waals surface area contributed by atoms with Gasteiger partial charge in [-0.25, -0.2) is 4.39 Å². The summed E-state index contributed by atoms with van der Waals surface area (Å²) < 4.78 is 20.6. The Labute approximate surface area is 129 Å². The van der Waals surface area contributed by atoms with Gasteiger partial charge in [0.25, 0.3) is 0 Å². The van der Waals surface area contributed by atoms with Crippen LogP contribution in [0.2, 0.25) is 0 Å². The molecule has 0 bridgehead atoms. The molecule has 0 aromatic heterocycles. The third-order valence-corrected chi connectivity index (χ3v) is 4.78.